The number of nitrogens with zero attached hydrogens (tertiary/aromatic N) is 2. The molecular weight excluding hydrogens is 456 g/mol. The molecule has 0 atom stereocenters. The Hall–Kier alpha value is -2.17. The number of aliphatic hydroxyl groups excluding tert-OH is 1. The fraction of sp³-hybridized carbons (Fsp3) is 0.458. The van der Waals surface area contributed by atoms with Gasteiger partial charge in [-0.05, 0) is 61.9 Å². The Kier molecular flexibility index (Phi) is 6.58. The van der Waals surface area contributed by atoms with Gasteiger partial charge in [0.2, 0.25) is 0 Å². The van der Waals surface area contributed by atoms with Crippen LogP contribution >= 0.6 is 22.7 Å². The van der Waals surface area contributed by atoms with Gasteiger partial charge < -0.3 is 20.1 Å². The number of likely N-dealkylation sites (N-methyl/N-ethyl adjacent to an activating group) is 1. The quantitative estimate of drug-likeness (QED) is 0.394. The van der Waals surface area contributed by atoms with Gasteiger partial charge in [0, 0.05) is 52.9 Å². The van der Waals surface area contributed by atoms with E-state index in [1.807, 2.05) is 24.5 Å². The van der Waals surface area contributed by atoms with Crippen LogP contribution < -0.4 is 10.6 Å². The molecule has 0 saturated carbocycles. The molecule has 0 unspecified atom stereocenters. The van der Waals surface area contributed by atoms with E-state index < -0.39 is 6.29 Å². The third-order valence-corrected chi connectivity index (χ3v) is 9.13. The summed E-state index contributed by atoms with van der Waals surface area (Å²) in [6, 6.07) is 3.71. The van der Waals surface area contributed by atoms with Crippen LogP contribution in [-0.2, 0) is 32.4 Å². The van der Waals surface area contributed by atoms with Crippen LogP contribution in [0.5, 0.6) is 0 Å². The molecular formula is C24H30N4O3S2. The van der Waals surface area contributed by atoms with Crippen LogP contribution in [0.15, 0.2) is 24.5 Å². The number of rotatable bonds is 6. The summed E-state index contributed by atoms with van der Waals surface area (Å²) in [5.41, 5.74) is 3.99. The highest BCUT2D eigenvalue weighted by molar-refractivity contribution is 7.16. The zero-order valence-corrected chi connectivity index (χ0v) is 20.4. The van der Waals surface area contributed by atoms with Gasteiger partial charge in [-0.1, -0.05) is 6.92 Å². The summed E-state index contributed by atoms with van der Waals surface area (Å²) in [7, 11) is 0. The third-order valence-electron chi connectivity index (χ3n) is 6.63. The number of carbonyl (C=O) groups excluding carboxylic acids is 1. The molecule has 0 radical (unpaired) electrons. The van der Waals surface area contributed by atoms with Crippen molar-refractivity contribution in [3.63, 3.8) is 0 Å². The summed E-state index contributed by atoms with van der Waals surface area (Å²) in [6.45, 7) is 5.65. The minimum absolute atomic E-state index is 0.320. The molecule has 4 heterocycles. The van der Waals surface area contributed by atoms with Gasteiger partial charge in [-0.25, -0.2) is 4.79 Å². The number of anilines is 1. The van der Waals surface area contributed by atoms with Gasteiger partial charge in [0.05, 0.1) is 0 Å². The van der Waals surface area contributed by atoms with Crippen molar-refractivity contribution in [1.82, 2.24) is 14.8 Å². The molecule has 2 amide bonds. The normalized spacial score (nSPS) is 16.0. The molecule has 0 aromatic carbocycles. The zero-order valence-electron chi connectivity index (χ0n) is 18.8. The van der Waals surface area contributed by atoms with Gasteiger partial charge in [0.25, 0.3) is 0 Å². The molecule has 0 fully saturated rings. The molecule has 1 aliphatic carbocycles. The number of fused-ring (bicyclic) bond motifs is 2. The second-order valence-corrected chi connectivity index (χ2v) is 10.8. The molecule has 0 spiro atoms. The Morgan fingerprint density at radius 1 is 1.09 bits per heavy atom. The Bertz CT molecular complexity index is 1130. The van der Waals surface area contributed by atoms with Crippen LogP contribution in [0.3, 0.4) is 0 Å². The van der Waals surface area contributed by atoms with Crippen LogP contribution in [0.25, 0.3) is 5.00 Å². The van der Waals surface area contributed by atoms with Crippen molar-refractivity contribution in [3.05, 3.63) is 56.5 Å². The first-order valence-electron chi connectivity index (χ1n) is 11.6. The van der Waals surface area contributed by atoms with Crippen LogP contribution in [0, 0.1) is 0 Å². The average Bonchev–Trinajstić information content (AvgIpc) is 3.53. The molecule has 2 aliphatic rings. The smallest absolute Gasteiger partial charge is 0.320 e. The Morgan fingerprint density at radius 2 is 1.88 bits per heavy atom. The van der Waals surface area contributed by atoms with Crippen molar-refractivity contribution in [2.75, 3.05) is 18.4 Å². The number of nitrogens with one attached hydrogen (secondary N) is 2. The minimum atomic E-state index is -1.58. The van der Waals surface area contributed by atoms with Gasteiger partial charge in [0.1, 0.15) is 10.0 Å². The largest absolute Gasteiger partial charge is 0.364 e. The second-order valence-electron chi connectivity index (χ2n) is 8.63. The van der Waals surface area contributed by atoms with Crippen LogP contribution in [-0.4, -0.2) is 38.8 Å². The third kappa shape index (κ3) is 4.48. The molecule has 3 aromatic rings. The highest BCUT2D eigenvalue weighted by atomic mass is 32.1. The number of amides is 2. The Labute approximate surface area is 201 Å². The average molecular weight is 487 g/mol. The molecule has 7 nitrogen and oxygen atoms in total. The van der Waals surface area contributed by atoms with E-state index in [2.05, 4.69) is 27.0 Å². The van der Waals surface area contributed by atoms with Crippen LogP contribution in [0.4, 0.5) is 9.80 Å². The van der Waals surface area contributed by atoms with Crippen LogP contribution in [0.1, 0.15) is 58.1 Å². The molecule has 3 aromatic heterocycles. The number of thiophene rings is 2. The van der Waals surface area contributed by atoms with E-state index in [-0.39, 0.29) is 6.03 Å². The van der Waals surface area contributed by atoms with E-state index in [9.17, 15) is 15.0 Å². The Morgan fingerprint density at radius 3 is 2.64 bits per heavy atom. The predicted molar refractivity (Wildman–Crippen MR) is 132 cm³/mol. The lowest BCUT2D eigenvalue weighted by atomic mass is 9.95. The molecule has 33 heavy (non-hydrogen) atoms. The van der Waals surface area contributed by atoms with E-state index in [4.69, 9.17) is 0 Å². The number of hydrogen-bond donors (Lipinski definition) is 4. The fourth-order valence-electron chi connectivity index (χ4n) is 4.91. The highest BCUT2D eigenvalue weighted by Gasteiger charge is 2.27. The summed E-state index contributed by atoms with van der Waals surface area (Å²) in [4.78, 5) is 17.8. The maximum Gasteiger partial charge on any atom is 0.320 e. The van der Waals surface area contributed by atoms with Crippen molar-refractivity contribution < 1.29 is 15.0 Å². The summed E-state index contributed by atoms with van der Waals surface area (Å²) in [5.74, 6) is 0. The second kappa shape index (κ2) is 9.60. The first-order chi connectivity index (χ1) is 16.0. The summed E-state index contributed by atoms with van der Waals surface area (Å²) in [5, 5.41) is 27.5. The van der Waals surface area contributed by atoms with E-state index in [0.717, 1.165) is 67.2 Å². The standard InChI is InChI=1S/C24H30N4O3S2/c1-2-27-12-9-15-17(22(33-19(15)14-27)28-10-5-6-11-28)13-25-24(31)26-21-20(23(29)30)16-7-3-4-8-18(16)32-21/h5-6,10-11,23,29-30H,2-4,7-9,12-14H2,1H3,(H2,25,26,31). The predicted octanol–water partition coefficient (Wildman–Crippen LogP) is 4.16. The van der Waals surface area contributed by atoms with Gasteiger partial charge in [-0.3, -0.25) is 10.2 Å². The lowest BCUT2D eigenvalue weighted by Crippen LogP contribution is -2.31. The van der Waals surface area contributed by atoms with Gasteiger partial charge in [0.15, 0.2) is 6.29 Å². The molecule has 0 bridgehead atoms. The maximum absolute atomic E-state index is 12.9. The topological polar surface area (TPSA) is 89.8 Å². The van der Waals surface area contributed by atoms with E-state index >= 15 is 0 Å². The van der Waals surface area contributed by atoms with Gasteiger partial charge in [-0.15, -0.1) is 22.7 Å². The van der Waals surface area contributed by atoms with E-state index in [1.54, 1.807) is 11.3 Å². The van der Waals surface area contributed by atoms with Crippen LogP contribution in [0.2, 0.25) is 0 Å². The number of aryl methyl sites for hydroxylation is 1. The maximum atomic E-state index is 12.9. The summed E-state index contributed by atoms with van der Waals surface area (Å²) >= 11 is 3.27. The van der Waals surface area contributed by atoms with Crippen molar-refractivity contribution in [1.29, 1.82) is 0 Å². The first kappa shape index (κ1) is 22.6. The molecule has 9 heteroatoms. The molecule has 5 rings (SSSR count). The number of hydrogen-bond acceptors (Lipinski definition) is 6. The number of carbonyl (C=O) groups is 1. The SMILES string of the molecule is CCN1CCc2c(sc(-n3cccc3)c2CNC(=O)Nc2sc3c(c2C(O)O)CCCC3)C1. The monoisotopic (exact) mass is 486 g/mol. The fourth-order valence-corrected chi connectivity index (χ4v) is 7.60. The lowest BCUT2D eigenvalue weighted by Gasteiger charge is -2.25. The lowest BCUT2D eigenvalue weighted by molar-refractivity contribution is -0.0423. The van der Waals surface area contributed by atoms with Crippen molar-refractivity contribution in [2.45, 2.75) is 58.4 Å². The molecule has 1 aliphatic heterocycles. The number of aliphatic hydroxyl groups is 2. The Balaban J connectivity index is 1.35. The van der Waals surface area contributed by atoms with Gasteiger partial charge >= 0.3 is 6.03 Å². The summed E-state index contributed by atoms with van der Waals surface area (Å²) < 4.78 is 2.13. The van der Waals surface area contributed by atoms with E-state index in [0.29, 0.717) is 17.1 Å². The number of aromatic nitrogens is 1. The van der Waals surface area contributed by atoms with E-state index in [1.165, 1.54) is 27.3 Å². The van der Waals surface area contributed by atoms with Crippen molar-refractivity contribution in [2.24, 2.45) is 0 Å². The van der Waals surface area contributed by atoms with Gasteiger partial charge in [-0.2, -0.15) is 0 Å². The first-order valence-corrected chi connectivity index (χ1v) is 13.2. The summed E-state index contributed by atoms with van der Waals surface area (Å²) in [6.07, 6.45) is 7.39. The molecule has 176 valence electrons. The zero-order chi connectivity index (χ0) is 22.9. The minimum Gasteiger partial charge on any atom is -0.364 e. The molecule has 0 saturated heterocycles. The molecule has 4 N–H and O–H groups in total. The van der Waals surface area contributed by atoms with Crippen molar-refractivity contribution in [3.8, 4) is 5.00 Å². The van der Waals surface area contributed by atoms with Crippen molar-refractivity contribution >= 4 is 33.7 Å². The highest BCUT2D eigenvalue weighted by Crippen LogP contribution is 2.41. The number of urea groups is 1.